The van der Waals surface area contributed by atoms with Crippen LogP contribution in [0.1, 0.15) is 5.56 Å². The number of likely N-dealkylation sites (N-methyl/N-ethyl adjacent to an activating group) is 1. The summed E-state index contributed by atoms with van der Waals surface area (Å²) in [7, 11) is 2.11. The van der Waals surface area contributed by atoms with Crippen molar-refractivity contribution < 1.29 is 9.53 Å². The molecule has 2 heterocycles. The summed E-state index contributed by atoms with van der Waals surface area (Å²) in [6.45, 7) is 3.93. The van der Waals surface area contributed by atoms with Crippen LogP contribution < -0.4 is 26.4 Å². The van der Waals surface area contributed by atoms with Gasteiger partial charge in [0.25, 0.3) is 0 Å². The van der Waals surface area contributed by atoms with E-state index in [9.17, 15) is 4.79 Å². The van der Waals surface area contributed by atoms with Crippen molar-refractivity contribution in [3.63, 3.8) is 0 Å². The third-order valence-electron chi connectivity index (χ3n) is 5.34. The minimum atomic E-state index is -0.284. The maximum atomic E-state index is 11.7. The van der Waals surface area contributed by atoms with Gasteiger partial charge in [-0.05, 0) is 30.8 Å². The van der Waals surface area contributed by atoms with Gasteiger partial charge in [0.2, 0.25) is 17.7 Å². The molecule has 0 saturated carbocycles. The number of nitrogens with one attached hydrogen (secondary N) is 1. The van der Waals surface area contributed by atoms with Crippen LogP contribution in [0.4, 0.5) is 17.3 Å². The number of anilines is 3. The number of hydrogen-bond acceptors (Lipinski definition) is 9. The minimum absolute atomic E-state index is 0.101. The van der Waals surface area contributed by atoms with Gasteiger partial charge in [0.05, 0.1) is 17.6 Å². The van der Waals surface area contributed by atoms with Crippen LogP contribution in [0.2, 0.25) is 0 Å². The fourth-order valence-electron chi connectivity index (χ4n) is 3.50. The Hall–Kier alpha value is -3.34. The van der Waals surface area contributed by atoms with Crippen molar-refractivity contribution in [1.29, 1.82) is 0 Å². The molecule has 10 heteroatoms. The van der Waals surface area contributed by atoms with Crippen molar-refractivity contribution in [3.8, 4) is 5.88 Å². The van der Waals surface area contributed by atoms with E-state index < -0.39 is 0 Å². The Balaban J connectivity index is 1.59. The summed E-state index contributed by atoms with van der Waals surface area (Å²) < 4.78 is 6.16. The number of amides is 1. The number of nitrogens with zero attached hydrogens (tertiary/aromatic N) is 4. The van der Waals surface area contributed by atoms with E-state index in [1.54, 1.807) is 12.3 Å². The molecule has 5 N–H and O–H groups in total. The summed E-state index contributed by atoms with van der Waals surface area (Å²) in [5.41, 5.74) is 13.6. The van der Waals surface area contributed by atoms with Crippen LogP contribution >= 0.6 is 11.8 Å². The number of aromatic nitrogens is 2. The van der Waals surface area contributed by atoms with E-state index in [-0.39, 0.29) is 12.5 Å². The second-order valence-corrected chi connectivity index (χ2v) is 9.16. The predicted molar refractivity (Wildman–Crippen MR) is 135 cm³/mol. The van der Waals surface area contributed by atoms with Crippen LogP contribution in [0.15, 0.2) is 64.5 Å². The molecule has 1 aliphatic heterocycles. The molecule has 1 amide bonds. The van der Waals surface area contributed by atoms with Gasteiger partial charge in [-0.3, -0.25) is 4.79 Å². The molecular formula is C24H29N7O2S. The fourth-order valence-corrected chi connectivity index (χ4v) is 4.43. The molecule has 1 aliphatic rings. The molecule has 1 aromatic heterocycles. The predicted octanol–water partition coefficient (Wildman–Crippen LogP) is 2.44. The molecular weight excluding hydrogens is 450 g/mol. The first kappa shape index (κ1) is 23.8. The number of ether oxygens (including phenoxy) is 1. The zero-order valence-electron chi connectivity index (χ0n) is 19.1. The van der Waals surface area contributed by atoms with E-state index in [1.165, 1.54) is 11.8 Å². The number of carbonyl (C=O) groups is 1. The van der Waals surface area contributed by atoms with Crippen molar-refractivity contribution in [2.24, 2.45) is 5.73 Å². The van der Waals surface area contributed by atoms with Gasteiger partial charge >= 0.3 is 0 Å². The molecule has 2 aromatic carbocycles. The summed E-state index contributed by atoms with van der Waals surface area (Å²) in [5.74, 6) is 0.880. The molecule has 0 unspecified atom stereocenters. The number of carbonyl (C=O) groups excluding carboxylic acids is 1. The number of piperazine rings is 1. The molecule has 9 nitrogen and oxygen atoms in total. The quantitative estimate of drug-likeness (QED) is 0.418. The zero-order chi connectivity index (χ0) is 23.9. The molecule has 0 spiro atoms. The van der Waals surface area contributed by atoms with E-state index >= 15 is 0 Å². The molecule has 178 valence electrons. The molecule has 1 saturated heterocycles. The van der Waals surface area contributed by atoms with Crippen LogP contribution in [0.5, 0.6) is 5.88 Å². The highest BCUT2D eigenvalue weighted by molar-refractivity contribution is 7.99. The standard InChI is InChI=1S/C24H29N7O2S/c1-30-7-9-31(10-8-30)24-27-15-21(23(29-24)33-16-17-5-3-2-4-6-17)34-20-12-18(26)11-19(13-20)28-22(32)14-25/h2-6,11-13,15H,7-10,14,16,25-26H2,1H3,(H,28,32). The monoisotopic (exact) mass is 479 g/mol. The Kier molecular flexibility index (Phi) is 7.84. The lowest BCUT2D eigenvalue weighted by atomic mass is 10.2. The highest BCUT2D eigenvalue weighted by atomic mass is 32.2. The number of hydrogen-bond donors (Lipinski definition) is 3. The van der Waals surface area contributed by atoms with Gasteiger partial charge in [-0.2, -0.15) is 4.98 Å². The highest BCUT2D eigenvalue weighted by Crippen LogP contribution is 2.37. The maximum absolute atomic E-state index is 11.7. The molecule has 0 radical (unpaired) electrons. The van der Waals surface area contributed by atoms with Crippen molar-refractivity contribution in [1.82, 2.24) is 14.9 Å². The lowest BCUT2D eigenvalue weighted by molar-refractivity contribution is -0.114. The summed E-state index contributed by atoms with van der Waals surface area (Å²) in [6, 6.07) is 15.3. The van der Waals surface area contributed by atoms with E-state index in [0.717, 1.165) is 41.5 Å². The Morgan fingerprint density at radius 2 is 1.91 bits per heavy atom. The first-order valence-corrected chi connectivity index (χ1v) is 11.9. The van der Waals surface area contributed by atoms with E-state index in [2.05, 4.69) is 27.1 Å². The third-order valence-corrected chi connectivity index (χ3v) is 6.31. The Morgan fingerprint density at radius 1 is 1.15 bits per heavy atom. The second-order valence-electron chi connectivity index (χ2n) is 8.05. The van der Waals surface area contributed by atoms with Crippen LogP contribution in [0.25, 0.3) is 0 Å². The average Bonchev–Trinajstić information content (AvgIpc) is 2.84. The smallest absolute Gasteiger partial charge is 0.238 e. The summed E-state index contributed by atoms with van der Waals surface area (Å²) in [6.07, 6.45) is 1.78. The average molecular weight is 480 g/mol. The third kappa shape index (κ3) is 6.37. The lowest BCUT2D eigenvalue weighted by Crippen LogP contribution is -2.45. The van der Waals surface area contributed by atoms with Crippen molar-refractivity contribution in [2.45, 2.75) is 16.4 Å². The van der Waals surface area contributed by atoms with Crippen LogP contribution in [-0.2, 0) is 11.4 Å². The van der Waals surface area contributed by atoms with Gasteiger partial charge in [-0.25, -0.2) is 4.98 Å². The van der Waals surface area contributed by atoms with Crippen LogP contribution in [0, 0.1) is 0 Å². The lowest BCUT2D eigenvalue weighted by Gasteiger charge is -2.32. The molecule has 1 fully saturated rings. The first-order valence-electron chi connectivity index (χ1n) is 11.1. The summed E-state index contributed by atoms with van der Waals surface area (Å²) >= 11 is 1.43. The normalized spacial score (nSPS) is 14.1. The number of nitrogens with two attached hydrogens (primary N) is 2. The van der Waals surface area contributed by atoms with Crippen molar-refractivity contribution in [3.05, 3.63) is 60.3 Å². The molecule has 0 atom stereocenters. The minimum Gasteiger partial charge on any atom is -0.472 e. The van der Waals surface area contributed by atoms with Gasteiger partial charge in [0, 0.05) is 42.4 Å². The number of nitrogen functional groups attached to an aromatic ring is 1. The molecule has 0 aliphatic carbocycles. The highest BCUT2D eigenvalue weighted by Gasteiger charge is 2.19. The number of rotatable bonds is 8. The van der Waals surface area contributed by atoms with Crippen LogP contribution in [0.3, 0.4) is 0 Å². The number of benzene rings is 2. The SMILES string of the molecule is CN1CCN(c2ncc(Sc3cc(N)cc(NC(=O)CN)c3)c(OCc3ccccc3)n2)CC1. The molecule has 4 rings (SSSR count). The van der Waals surface area contributed by atoms with E-state index in [4.69, 9.17) is 21.2 Å². The molecule has 0 bridgehead atoms. The topological polar surface area (TPSA) is 123 Å². The van der Waals surface area contributed by atoms with E-state index in [1.807, 2.05) is 42.5 Å². The molecule has 3 aromatic rings. The largest absolute Gasteiger partial charge is 0.472 e. The summed E-state index contributed by atoms with van der Waals surface area (Å²) in [4.78, 5) is 27.2. The van der Waals surface area contributed by atoms with Crippen molar-refractivity contribution >= 4 is 35.0 Å². The van der Waals surface area contributed by atoms with Gasteiger partial charge in [0.15, 0.2) is 0 Å². The van der Waals surface area contributed by atoms with Crippen LogP contribution in [-0.4, -0.2) is 60.5 Å². The zero-order valence-corrected chi connectivity index (χ0v) is 19.9. The van der Waals surface area contributed by atoms with Crippen molar-refractivity contribution in [2.75, 3.05) is 55.7 Å². The first-order chi connectivity index (χ1) is 16.5. The van der Waals surface area contributed by atoms with Gasteiger partial charge in [0.1, 0.15) is 6.61 Å². The van der Waals surface area contributed by atoms with E-state index in [0.29, 0.717) is 29.8 Å². The van der Waals surface area contributed by atoms with Gasteiger partial charge in [-0.15, -0.1) is 0 Å². The Labute approximate surface area is 203 Å². The van der Waals surface area contributed by atoms with Gasteiger partial charge in [-0.1, -0.05) is 42.1 Å². The Morgan fingerprint density at radius 3 is 2.65 bits per heavy atom. The maximum Gasteiger partial charge on any atom is 0.238 e. The van der Waals surface area contributed by atoms with Gasteiger partial charge < -0.3 is 31.3 Å². The second kappa shape index (κ2) is 11.2. The Bertz CT molecular complexity index is 1120. The molecule has 34 heavy (non-hydrogen) atoms. The summed E-state index contributed by atoms with van der Waals surface area (Å²) in [5, 5.41) is 2.75. The fraction of sp³-hybridized carbons (Fsp3) is 0.292.